The summed E-state index contributed by atoms with van der Waals surface area (Å²) in [7, 11) is 0. The summed E-state index contributed by atoms with van der Waals surface area (Å²) in [5, 5.41) is 10.7. The number of aromatic amines is 1. The van der Waals surface area contributed by atoms with Crippen LogP contribution < -0.4 is 10.2 Å². The molecule has 6 rings (SSSR count). The van der Waals surface area contributed by atoms with E-state index in [4.69, 9.17) is 0 Å². The van der Waals surface area contributed by atoms with Gasteiger partial charge in [0.1, 0.15) is 5.82 Å². The van der Waals surface area contributed by atoms with Crippen LogP contribution in [-0.4, -0.2) is 44.1 Å². The van der Waals surface area contributed by atoms with E-state index in [-0.39, 0.29) is 11.6 Å². The molecule has 1 aliphatic heterocycles. The Morgan fingerprint density at radius 2 is 1.83 bits per heavy atom. The minimum absolute atomic E-state index is 0.276. The number of pyridine rings is 3. The molecule has 9 heteroatoms. The highest BCUT2D eigenvalue weighted by atomic mass is 19.1. The molecule has 0 unspecified atom stereocenters. The van der Waals surface area contributed by atoms with Gasteiger partial charge < -0.3 is 10.2 Å². The van der Waals surface area contributed by atoms with Crippen LogP contribution in [0, 0.1) is 5.82 Å². The molecule has 1 fully saturated rings. The van der Waals surface area contributed by atoms with Crippen LogP contribution in [0.2, 0.25) is 0 Å². The Labute approximate surface area is 206 Å². The maximum Gasteiger partial charge on any atom is 0.276 e. The first-order valence-corrected chi connectivity index (χ1v) is 11.7. The first-order chi connectivity index (χ1) is 17.7. The second-order valence-electron chi connectivity index (χ2n) is 8.70. The Morgan fingerprint density at radius 3 is 2.64 bits per heavy atom. The van der Waals surface area contributed by atoms with Gasteiger partial charge in [0.2, 0.25) is 0 Å². The van der Waals surface area contributed by atoms with Gasteiger partial charge in [-0.25, -0.2) is 4.39 Å². The molecule has 0 radical (unpaired) electrons. The molecule has 0 atom stereocenters. The average Bonchev–Trinajstić information content (AvgIpc) is 3.60. The number of aromatic nitrogens is 5. The van der Waals surface area contributed by atoms with Crippen LogP contribution in [0.15, 0.2) is 73.4 Å². The minimum atomic E-state index is -0.408. The maximum atomic E-state index is 14.0. The number of carbonyl (C=O) groups excluding carboxylic acids is 1. The molecule has 36 heavy (non-hydrogen) atoms. The van der Waals surface area contributed by atoms with Gasteiger partial charge in [-0.15, -0.1) is 0 Å². The highest BCUT2D eigenvalue weighted by Crippen LogP contribution is 2.29. The zero-order chi connectivity index (χ0) is 24.5. The second-order valence-corrected chi connectivity index (χ2v) is 8.70. The van der Waals surface area contributed by atoms with Gasteiger partial charge in [-0.05, 0) is 54.8 Å². The Morgan fingerprint density at radius 1 is 0.944 bits per heavy atom. The lowest BCUT2D eigenvalue weighted by atomic mass is 10.0. The fraction of sp³-hybridized carbons (Fsp3) is 0.148. The fourth-order valence-electron chi connectivity index (χ4n) is 4.48. The Kier molecular flexibility index (Phi) is 5.57. The Balaban J connectivity index is 1.25. The number of halogens is 1. The van der Waals surface area contributed by atoms with E-state index in [9.17, 15) is 9.18 Å². The van der Waals surface area contributed by atoms with Crippen molar-refractivity contribution in [2.24, 2.45) is 0 Å². The van der Waals surface area contributed by atoms with E-state index < -0.39 is 5.82 Å². The van der Waals surface area contributed by atoms with Crippen molar-refractivity contribution in [2.45, 2.75) is 12.8 Å². The number of H-pyrrole nitrogens is 1. The van der Waals surface area contributed by atoms with Crippen molar-refractivity contribution in [3.63, 3.8) is 0 Å². The van der Waals surface area contributed by atoms with Crippen molar-refractivity contribution in [3.8, 4) is 22.4 Å². The molecule has 178 valence electrons. The van der Waals surface area contributed by atoms with E-state index in [2.05, 4.69) is 41.4 Å². The molecule has 8 nitrogen and oxygen atoms in total. The van der Waals surface area contributed by atoms with Gasteiger partial charge in [0, 0.05) is 42.6 Å². The highest BCUT2D eigenvalue weighted by Gasteiger charge is 2.17. The molecule has 5 aromatic rings. The standard InChI is InChI=1S/C27H22FN7O/c28-23-7-8-29-16-22(23)24-6-4-19(14-31-24)32-27(36)26-21-12-17(3-5-25(21)33-34-26)18-11-20(15-30-13-18)35-9-1-2-10-35/h3-8,11-16H,1-2,9-10H2,(H,32,36)(H,33,34). The number of carbonyl (C=O) groups is 1. The van der Waals surface area contributed by atoms with Gasteiger partial charge in [0.15, 0.2) is 5.69 Å². The van der Waals surface area contributed by atoms with Crippen molar-refractivity contribution < 1.29 is 9.18 Å². The molecule has 4 aromatic heterocycles. The monoisotopic (exact) mass is 479 g/mol. The lowest BCUT2D eigenvalue weighted by Gasteiger charge is -2.17. The van der Waals surface area contributed by atoms with Crippen LogP contribution in [-0.2, 0) is 0 Å². The number of amides is 1. The number of hydrogen-bond donors (Lipinski definition) is 2. The molecule has 0 bridgehead atoms. The maximum absolute atomic E-state index is 14.0. The third-order valence-electron chi connectivity index (χ3n) is 6.37. The van der Waals surface area contributed by atoms with E-state index in [1.807, 2.05) is 30.6 Å². The highest BCUT2D eigenvalue weighted by molar-refractivity contribution is 6.11. The van der Waals surface area contributed by atoms with Gasteiger partial charge in [0.25, 0.3) is 5.91 Å². The molecule has 2 N–H and O–H groups in total. The molecule has 1 saturated heterocycles. The number of anilines is 2. The van der Waals surface area contributed by atoms with Crippen LogP contribution in [0.1, 0.15) is 23.3 Å². The van der Waals surface area contributed by atoms with Crippen LogP contribution in [0.5, 0.6) is 0 Å². The van der Waals surface area contributed by atoms with Crippen molar-refractivity contribution in [1.29, 1.82) is 0 Å². The molecule has 1 aliphatic rings. The third kappa shape index (κ3) is 4.15. The van der Waals surface area contributed by atoms with Gasteiger partial charge in [0.05, 0.1) is 40.5 Å². The van der Waals surface area contributed by atoms with E-state index in [0.717, 1.165) is 35.4 Å². The van der Waals surface area contributed by atoms with E-state index >= 15 is 0 Å². The zero-order valence-corrected chi connectivity index (χ0v) is 19.3. The largest absolute Gasteiger partial charge is 0.370 e. The number of hydrogen-bond acceptors (Lipinski definition) is 6. The number of nitrogens with one attached hydrogen (secondary N) is 2. The number of benzene rings is 1. The summed E-state index contributed by atoms with van der Waals surface area (Å²) in [4.78, 5) is 28.1. The molecular formula is C27H22FN7O. The SMILES string of the molecule is O=C(Nc1ccc(-c2cnccc2F)nc1)c1n[nH]c2ccc(-c3cncc(N4CCCC4)c3)cc12. The topological polar surface area (TPSA) is 99.7 Å². The van der Waals surface area contributed by atoms with Gasteiger partial charge >= 0.3 is 0 Å². The van der Waals surface area contributed by atoms with Gasteiger partial charge in [-0.3, -0.25) is 24.8 Å². The zero-order valence-electron chi connectivity index (χ0n) is 19.3. The van der Waals surface area contributed by atoms with Crippen molar-refractivity contribution >= 4 is 28.2 Å². The van der Waals surface area contributed by atoms with Crippen LogP contribution >= 0.6 is 0 Å². The molecule has 0 saturated carbocycles. The van der Waals surface area contributed by atoms with E-state index in [1.54, 1.807) is 12.1 Å². The number of nitrogens with zero attached hydrogens (tertiary/aromatic N) is 5. The predicted molar refractivity (Wildman–Crippen MR) is 136 cm³/mol. The summed E-state index contributed by atoms with van der Waals surface area (Å²) in [6.07, 6.45) is 10.4. The van der Waals surface area contributed by atoms with Crippen LogP contribution in [0.25, 0.3) is 33.3 Å². The van der Waals surface area contributed by atoms with Gasteiger partial charge in [-0.1, -0.05) is 6.07 Å². The normalized spacial score (nSPS) is 13.3. The predicted octanol–water partition coefficient (Wildman–Crippen LogP) is 5.07. The van der Waals surface area contributed by atoms with Crippen molar-refractivity contribution in [3.05, 3.63) is 85.0 Å². The second kappa shape index (κ2) is 9.18. The van der Waals surface area contributed by atoms with Crippen LogP contribution in [0.4, 0.5) is 15.8 Å². The summed E-state index contributed by atoms with van der Waals surface area (Å²) in [5.41, 5.74) is 5.28. The summed E-state index contributed by atoms with van der Waals surface area (Å²) < 4.78 is 14.0. The molecular weight excluding hydrogens is 457 g/mol. The first-order valence-electron chi connectivity index (χ1n) is 11.7. The molecule has 1 aromatic carbocycles. The summed E-state index contributed by atoms with van der Waals surface area (Å²) >= 11 is 0. The smallest absolute Gasteiger partial charge is 0.276 e. The Hall–Kier alpha value is -4.66. The lowest BCUT2D eigenvalue weighted by Crippen LogP contribution is -2.17. The molecule has 5 heterocycles. The van der Waals surface area contributed by atoms with Crippen molar-refractivity contribution in [2.75, 3.05) is 23.3 Å². The Bertz CT molecular complexity index is 1560. The van der Waals surface area contributed by atoms with E-state index in [1.165, 1.54) is 37.5 Å². The van der Waals surface area contributed by atoms with Crippen LogP contribution in [0.3, 0.4) is 0 Å². The number of rotatable bonds is 5. The fourth-order valence-corrected chi connectivity index (χ4v) is 4.48. The quantitative estimate of drug-likeness (QED) is 0.365. The first kappa shape index (κ1) is 21.8. The third-order valence-corrected chi connectivity index (χ3v) is 6.37. The minimum Gasteiger partial charge on any atom is -0.370 e. The summed E-state index contributed by atoms with van der Waals surface area (Å²) in [6.45, 7) is 2.09. The van der Waals surface area contributed by atoms with E-state index in [0.29, 0.717) is 22.3 Å². The molecule has 0 aliphatic carbocycles. The number of fused-ring (bicyclic) bond motifs is 1. The summed E-state index contributed by atoms with van der Waals surface area (Å²) in [6, 6.07) is 12.6. The lowest BCUT2D eigenvalue weighted by molar-refractivity contribution is 0.102. The molecule has 0 spiro atoms. The van der Waals surface area contributed by atoms with Gasteiger partial charge in [-0.2, -0.15) is 5.10 Å². The average molecular weight is 480 g/mol. The van der Waals surface area contributed by atoms with Crippen molar-refractivity contribution in [1.82, 2.24) is 25.1 Å². The summed E-state index contributed by atoms with van der Waals surface area (Å²) in [5.74, 6) is -0.779. The molecule has 1 amide bonds.